The molecule has 1 amide bonds. The molecule has 0 saturated heterocycles. The van der Waals surface area contributed by atoms with Crippen molar-refractivity contribution >= 4 is 34.3 Å². The zero-order valence-corrected chi connectivity index (χ0v) is 16.0. The molecule has 6 nitrogen and oxygen atoms in total. The Morgan fingerprint density at radius 3 is 2.38 bits per heavy atom. The number of nitrogens with two attached hydrogens (primary N) is 1. The van der Waals surface area contributed by atoms with Gasteiger partial charge in [0, 0.05) is 23.2 Å². The predicted molar refractivity (Wildman–Crippen MR) is 116 cm³/mol. The Balaban J connectivity index is 1.61. The minimum Gasteiger partial charge on any atom is -0.366 e. The van der Waals surface area contributed by atoms with E-state index in [9.17, 15) is 4.79 Å². The third-order valence-corrected chi connectivity index (χ3v) is 4.61. The highest BCUT2D eigenvalue weighted by atomic mass is 16.1. The number of hydrogen-bond acceptors (Lipinski definition) is 5. The molecule has 0 unspecified atom stereocenters. The van der Waals surface area contributed by atoms with E-state index in [2.05, 4.69) is 51.8 Å². The summed E-state index contributed by atoms with van der Waals surface area (Å²) in [7, 11) is 0. The highest BCUT2D eigenvalue weighted by Crippen LogP contribution is 2.24. The number of carbonyl (C=O) groups is 1. The molecular formula is C23H21N5O. The molecular weight excluding hydrogens is 362 g/mol. The van der Waals surface area contributed by atoms with Crippen molar-refractivity contribution in [1.82, 2.24) is 9.97 Å². The van der Waals surface area contributed by atoms with E-state index in [1.165, 1.54) is 11.1 Å². The topological polar surface area (TPSA) is 92.9 Å². The molecule has 0 bridgehead atoms. The standard InChI is InChI=1S/C23H21N5O/c1-15-6-8-16(9-7-15)14-25-22-19-4-2-3-5-20(19)27-23(28-22)26-18-12-10-17(11-13-18)21(24)29/h2-13H,14H2,1H3,(H2,24,29)(H2,25,26,27,28). The quantitative estimate of drug-likeness (QED) is 0.459. The molecule has 0 fully saturated rings. The van der Waals surface area contributed by atoms with E-state index >= 15 is 0 Å². The monoisotopic (exact) mass is 383 g/mol. The lowest BCUT2D eigenvalue weighted by Gasteiger charge is -2.12. The molecule has 3 aromatic carbocycles. The lowest BCUT2D eigenvalue weighted by molar-refractivity contribution is 0.100. The number of para-hydroxylation sites is 1. The number of aryl methyl sites for hydroxylation is 1. The van der Waals surface area contributed by atoms with E-state index in [1.54, 1.807) is 24.3 Å². The number of hydrogen-bond donors (Lipinski definition) is 3. The molecule has 0 spiro atoms. The molecule has 0 aliphatic heterocycles. The highest BCUT2D eigenvalue weighted by Gasteiger charge is 2.08. The first-order valence-electron chi connectivity index (χ1n) is 9.31. The summed E-state index contributed by atoms with van der Waals surface area (Å²) in [6.45, 7) is 2.73. The molecule has 144 valence electrons. The number of amides is 1. The summed E-state index contributed by atoms with van der Waals surface area (Å²) in [6.07, 6.45) is 0. The van der Waals surface area contributed by atoms with Crippen LogP contribution in [0.3, 0.4) is 0 Å². The Bertz CT molecular complexity index is 1150. The zero-order chi connectivity index (χ0) is 20.2. The molecule has 0 aliphatic rings. The minimum absolute atomic E-state index is 0.454. The molecule has 0 aliphatic carbocycles. The summed E-state index contributed by atoms with van der Waals surface area (Å²) in [5.41, 5.74) is 9.77. The van der Waals surface area contributed by atoms with E-state index < -0.39 is 5.91 Å². The van der Waals surface area contributed by atoms with Crippen molar-refractivity contribution in [3.05, 3.63) is 89.5 Å². The van der Waals surface area contributed by atoms with E-state index in [0.717, 1.165) is 22.4 Å². The lowest BCUT2D eigenvalue weighted by Crippen LogP contribution is -2.10. The summed E-state index contributed by atoms with van der Waals surface area (Å²) < 4.78 is 0. The summed E-state index contributed by atoms with van der Waals surface area (Å²) in [4.78, 5) is 20.5. The van der Waals surface area contributed by atoms with Crippen LogP contribution in [0, 0.1) is 6.92 Å². The SMILES string of the molecule is Cc1ccc(CNc2nc(Nc3ccc(C(N)=O)cc3)nc3ccccc23)cc1. The van der Waals surface area contributed by atoms with Gasteiger partial charge in [-0.2, -0.15) is 4.98 Å². The van der Waals surface area contributed by atoms with Gasteiger partial charge in [0.25, 0.3) is 0 Å². The Kier molecular flexibility index (Phi) is 5.07. The van der Waals surface area contributed by atoms with E-state index in [0.29, 0.717) is 18.1 Å². The van der Waals surface area contributed by atoms with Gasteiger partial charge >= 0.3 is 0 Å². The normalized spacial score (nSPS) is 10.7. The van der Waals surface area contributed by atoms with Gasteiger partial charge in [-0.05, 0) is 48.9 Å². The molecule has 4 N–H and O–H groups in total. The van der Waals surface area contributed by atoms with E-state index in [-0.39, 0.29) is 0 Å². The van der Waals surface area contributed by atoms with E-state index in [4.69, 9.17) is 5.73 Å². The van der Waals surface area contributed by atoms with Crippen molar-refractivity contribution < 1.29 is 4.79 Å². The van der Waals surface area contributed by atoms with Gasteiger partial charge in [-0.15, -0.1) is 0 Å². The predicted octanol–water partition coefficient (Wildman–Crippen LogP) is 4.39. The number of primary amides is 1. The maximum atomic E-state index is 11.2. The molecule has 29 heavy (non-hydrogen) atoms. The molecule has 4 rings (SSSR count). The Morgan fingerprint density at radius 2 is 1.66 bits per heavy atom. The third kappa shape index (κ3) is 4.32. The fourth-order valence-electron chi connectivity index (χ4n) is 3.01. The Labute approximate surface area is 168 Å². The van der Waals surface area contributed by atoms with Gasteiger partial charge in [-0.25, -0.2) is 4.98 Å². The second kappa shape index (κ2) is 7.98. The number of aromatic nitrogens is 2. The second-order valence-electron chi connectivity index (χ2n) is 6.82. The van der Waals surface area contributed by atoms with Crippen LogP contribution in [-0.4, -0.2) is 15.9 Å². The number of rotatable bonds is 6. The summed E-state index contributed by atoms with van der Waals surface area (Å²) >= 11 is 0. The van der Waals surface area contributed by atoms with Crippen molar-refractivity contribution in [3.8, 4) is 0 Å². The Hall–Kier alpha value is -3.93. The van der Waals surface area contributed by atoms with E-state index in [1.807, 2.05) is 24.3 Å². The minimum atomic E-state index is -0.457. The van der Waals surface area contributed by atoms with Crippen molar-refractivity contribution in [1.29, 1.82) is 0 Å². The van der Waals surface area contributed by atoms with Crippen LogP contribution >= 0.6 is 0 Å². The first-order chi connectivity index (χ1) is 14.1. The van der Waals surface area contributed by atoms with Crippen LogP contribution < -0.4 is 16.4 Å². The second-order valence-corrected chi connectivity index (χ2v) is 6.82. The van der Waals surface area contributed by atoms with Crippen LogP contribution in [0.25, 0.3) is 10.9 Å². The molecule has 0 atom stereocenters. The maximum Gasteiger partial charge on any atom is 0.248 e. The van der Waals surface area contributed by atoms with Gasteiger partial charge < -0.3 is 16.4 Å². The fraction of sp³-hybridized carbons (Fsp3) is 0.0870. The Morgan fingerprint density at radius 1 is 0.931 bits per heavy atom. The maximum absolute atomic E-state index is 11.2. The number of benzene rings is 3. The fourth-order valence-corrected chi connectivity index (χ4v) is 3.01. The molecule has 6 heteroatoms. The first kappa shape index (κ1) is 18.4. The molecule has 0 saturated carbocycles. The molecule has 1 heterocycles. The van der Waals surface area contributed by atoms with Crippen LogP contribution in [-0.2, 0) is 6.54 Å². The number of nitrogens with one attached hydrogen (secondary N) is 2. The average molecular weight is 383 g/mol. The number of nitrogens with zero attached hydrogens (tertiary/aromatic N) is 2. The number of carbonyl (C=O) groups excluding carboxylic acids is 1. The van der Waals surface area contributed by atoms with Gasteiger partial charge in [-0.3, -0.25) is 4.79 Å². The average Bonchev–Trinajstić information content (AvgIpc) is 2.73. The number of fused-ring (bicyclic) bond motifs is 1. The number of anilines is 3. The van der Waals surface area contributed by atoms with Gasteiger partial charge in [0.15, 0.2) is 0 Å². The van der Waals surface area contributed by atoms with Gasteiger partial charge in [0.05, 0.1) is 5.52 Å². The lowest BCUT2D eigenvalue weighted by atomic mass is 10.1. The van der Waals surface area contributed by atoms with Crippen molar-refractivity contribution in [3.63, 3.8) is 0 Å². The summed E-state index contributed by atoms with van der Waals surface area (Å²) in [5, 5.41) is 7.57. The largest absolute Gasteiger partial charge is 0.366 e. The zero-order valence-electron chi connectivity index (χ0n) is 16.0. The van der Waals surface area contributed by atoms with Crippen LogP contribution in [0.2, 0.25) is 0 Å². The van der Waals surface area contributed by atoms with Gasteiger partial charge in [-0.1, -0.05) is 42.0 Å². The smallest absolute Gasteiger partial charge is 0.248 e. The van der Waals surface area contributed by atoms with Crippen LogP contribution in [0.4, 0.5) is 17.5 Å². The van der Waals surface area contributed by atoms with Crippen molar-refractivity contribution in [2.75, 3.05) is 10.6 Å². The molecule has 4 aromatic rings. The van der Waals surface area contributed by atoms with Crippen LogP contribution in [0.15, 0.2) is 72.8 Å². The third-order valence-electron chi connectivity index (χ3n) is 4.61. The summed E-state index contributed by atoms with van der Waals surface area (Å²) in [5.74, 6) is 0.774. The van der Waals surface area contributed by atoms with Crippen LogP contribution in [0.5, 0.6) is 0 Å². The molecule has 0 radical (unpaired) electrons. The van der Waals surface area contributed by atoms with Crippen molar-refractivity contribution in [2.24, 2.45) is 5.73 Å². The van der Waals surface area contributed by atoms with Gasteiger partial charge in [0.1, 0.15) is 5.82 Å². The highest BCUT2D eigenvalue weighted by molar-refractivity contribution is 5.93. The molecule has 1 aromatic heterocycles. The first-order valence-corrected chi connectivity index (χ1v) is 9.31. The summed E-state index contributed by atoms with van der Waals surface area (Å²) in [6, 6.07) is 23.2. The van der Waals surface area contributed by atoms with Crippen LogP contribution in [0.1, 0.15) is 21.5 Å². The van der Waals surface area contributed by atoms with Crippen molar-refractivity contribution in [2.45, 2.75) is 13.5 Å². The van der Waals surface area contributed by atoms with Gasteiger partial charge in [0.2, 0.25) is 11.9 Å².